The van der Waals surface area contributed by atoms with Gasteiger partial charge in [0.15, 0.2) is 0 Å². The van der Waals surface area contributed by atoms with Gasteiger partial charge in [-0.25, -0.2) is 0 Å². The first-order valence-corrected chi connectivity index (χ1v) is 5.78. The Hall–Kier alpha value is -0.800. The lowest BCUT2D eigenvalue weighted by Gasteiger charge is -2.35. The van der Waals surface area contributed by atoms with Crippen LogP contribution in [0.3, 0.4) is 0 Å². The molecule has 2 atom stereocenters. The maximum absolute atomic E-state index is 5.73. The molecule has 2 N–H and O–H groups in total. The number of hydrogen-bond donors (Lipinski definition) is 1. The Bertz CT molecular complexity index is 284. The first-order chi connectivity index (χ1) is 7.31. The Labute approximate surface area is 91.2 Å². The summed E-state index contributed by atoms with van der Waals surface area (Å²) in [5.74, 6) is 1.73. The molecule has 1 saturated heterocycles. The maximum Gasteiger partial charge on any atom is 0.120 e. The van der Waals surface area contributed by atoms with Gasteiger partial charge in [-0.15, -0.1) is 0 Å². The smallest absolute Gasteiger partial charge is 0.120 e. The van der Waals surface area contributed by atoms with Crippen LogP contribution < -0.4 is 5.73 Å². The molecule has 1 aromatic heterocycles. The zero-order valence-electron chi connectivity index (χ0n) is 9.36. The quantitative estimate of drug-likeness (QED) is 0.826. The van der Waals surface area contributed by atoms with Crippen LogP contribution in [0, 0.1) is 5.92 Å². The molecular formula is C12H20N2O. The average molecular weight is 208 g/mol. The van der Waals surface area contributed by atoms with Crippen LogP contribution in [0.15, 0.2) is 22.8 Å². The molecule has 15 heavy (non-hydrogen) atoms. The fourth-order valence-corrected chi connectivity index (χ4v) is 2.35. The molecule has 2 heterocycles. The molecule has 0 radical (unpaired) electrons. The summed E-state index contributed by atoms with van der Waals surface area (Å²) < 4.78 is 5.44. The molecule has 0 bridgehead atoms. The van der Waals surface area contributed by atoms with Crippen molar-refractivity contribution in [1.82, 2.24) is 4.90 Å². The van der Waals surface area contributed by atoms with Crippen LogP contribution in [0.1, 0.15) is 31.6 Å². The van der Waals surface area contributed by atoms with Crippen LogP contribution in [-0.4, -0.2) is 24.5 Å². The highest BCUT2D eigenvalue weighted by Crippen LogP contribution is 2.26. The highest BCUT2D eigenvalue weighted by atomic mass is 16.3. The Morgan fingerprint density at radius 3 is 3.20 bits per heavy atom. The van der Waals surface area contributed by atoms with E-state index in [-0.39, 0.29) is 0 Å². The topological polar surface area (TPSA) is 42.4 Å². The van der Waals surface area contributed by atoms with Crippen molar-refractivity contribution in [3.05, 3.63) is 24.2 Å². The van der Waals surface area contributed by atoms with E-state index in [1.165, 1.54) is 19.4 Å². The zero-order chi connectivity index (χ0) is 10.7. The molecule has 1 aliphatic rings. The molecule has 2 rings (SSSR count). The van der Waals surface area contributed by atoms with E-state index in [0.717, 1.165) is 18.8 Å². The summed E-state index contributed by atoms with van der Waals surface area (Å²) in [6, 6.07) is 4.39. The predicted octanol–water partition coefficient (Wildman–Crippen LogP) is 2.01. The van der Waals surface area contributed by atoms with Gasteiger partial charge < -0.3 is 10.2 Å². The molecule has 84 valence electrons. The van der Waals surface area contributed by atoms with Crippen LogP contribution in [0.25, 0.3) is 0 Å². The van der Waals surface area contributed by atoms with Gasteiger partial charge in [0, 0.05) is 6.54 Å². The standard InChI is InChI=1S/C12H20N2O/c1-10(12-5-3-7-15-12)14-6-2-4-11(8-13)9-14/h3,5,7,10-11H,2,4,6,8-9,13H2,1H3/t10-,11+/m1/s1. The summed E-state index contributed by atoms with van der Waals surface area (Å²) >= 11 is 0. The lowest BCUT2D eigenvalue weighted by Crippen LogP contribution is -2.39. The van der Waals surface area contributed by atoms with Gasteiger partial charge in [0.05, 0.1) is 12.3 Å². The number of nitrogens with two attached hydrogens (primary N) is 1. The van der Waals surface area contributed by atoms with E-state index in [9.17, 15) is 0 Å². The molecule has 0 unspecified atom stereocenters. The van der Waals surface area contributed by atoms with Crippen molar-refractivity contribution >= 4 is 0 Å². The molecule has 0 spiro atoms. The van der Waals surface area contributed by atoms with Crippen LogP contribution >= 0.6 is 0 Å². The van der Waals surface area contributed by atoms with E-state index in [0.29, 0.717) is 12.0 Å². The van der Waals surface area contributed by atoms with Crippen molar-refractivity contribution in [1.29, 1.82) is 0 Å². The molecule has 3 heteroatoms. The van der Waals surface area contributed by atoms with Crippen molar-refractivity contribution in [2.45, 2.75) is 25.8 Å². The van der Waals surface area contributed by atoms with Crippen LogP contribution in [0.5, 0.6) is 0 Å². The second-order valence-corrected chi connectivity index (χ2v) is 4.43. The summed E-state index contributed by atoms with van der Waals surface area (Å²) in [6.45, 7) is 5.29. The summed E-state index contributed by atoms with van der Waals surface area (Å²) in [7, 11) is 0. The molecular weight excluding hydrogens is 188 g/mol. The van der Waals surface area contributed by atoms with Crippen LogP contribution in [0.2, 0.25) is 0 Å². The summed E-state index contributed by atoms with van der Waals surface area (Å²) in [5, 5.41) is 0. The van der Waals surface area contributed by atoms with E-state index in [1.54, 1.807) is 6.26 Å². The first-order valence-electron chi connectivity index (χ1n) is 5.78. The Balaban J connectivity index is 1.98. The lowest BCUT2D eigenvalue weighted by molar-refractivity contribution is 0.121. The molecule has 0 amide bonds. The van der Waals surface area contributed by atoms with Gasteiger partial charge in [-0.2, -0.15) is 0 Å². The maximum atomic E-state index is 5.73. The van der Waals surface area contributed by atoms with Crippen molar-refractivity contribution in [2.24, 2.45) is 11.7 Å². The summed E-state index contributed by atoms with van der Waals surface area (Å²) in [4.78, 5) is 2.47. The molecule has 3 nitrogen and oxygen atoms in total. The second kappa shape index (κ2) is 4.81. The Morgan fingerprint density at radius 1 is 1.67 bits per heavy atom. The third-order valence-corrected chi connectivity index (χ3v) is 3.39. The van der Waals surface area contributed by atoms with Gasteiger partial charge in [0.2, 0.25) is 0 Å². The largest absolute Gasteiger partial charge is 0.468 e. The van der Waals surface area contributed by atoms with Gasteiger partial charge in [-0.3, -0.25) is 4.90 Å². The van der Waals surface area contributed by atoms with Gasteiger partial charge in [-0.1, -0.05) is 0 Å². The van der Waals surface area contributed by atoms with E-state index >= 15 is 0 Å². The third-order valence-electron chi connectivity index (χ3n) is 3.39. The van der Waals surface area contributed by atoms with E-state index in [4.69, 9.17) is 10.2 Å². The fraction of sp³-hybridized carbons (Fsp3) is 0.667. The van der Waals surface area contributed by atoms with E-state index in [2.05, 4.69) is 17.9 Å². The number of nitrogens with zero attached hydrogens (tertiary/aromatic N) is 1. The molecule has 0 saturated carbocycles. The van der Waals surface area contributed by atoms with E-state index < -0.39 is 0 Å². The number of hydrogen-bond acceptors (Lipinski definition) is 3. The summed E-state index contributed by atoms with van der Waals surface area (Å²) in [5.41, 5.74) is 5.73. The van der Waals surface area contributed by atoms with Crippen molar-refractivity contribution in [2.75, 3.05) is 19.6 Å². The molecule has 0 aromatic carbocycles. The highest BCUT2D eigenvalue weighted by Gasteiger charge is 2.24. The van der Waals surface area contributed by atoms with Crippen molar-refractivity contribution < 1.29 is 4.42 Å². The Morgan fingerprint density at radius 2 is 2.53 bits per heavy atom. The number of rotatable bonds is 3. The minimum absolute atomic E-state index is 0.384. The number of piperidine rings is 1. The molecule has 1 aromatic rings. The van der Waals surface area contributed by atoms with Crippen LogP contribution in [-0.2, 0) is 0 Å². The SMILES string of the molecule is C[C@H](c1ccco1)N1CCC[C@@H](CN)C1. The predicted molar refractivity (Wildman–Crippen MR) is 60.5 cm³/mol. The van der Waals surface area contributed by atoms with E-state index in [1.807, 2.05) is 6.07 Å². The average Bonchev–Trinajstić information content (AvgIpc) is 2.81. The minimum Gasteiger partial charge on any atom is -0.468 e. The summed E-state index contributed by atoms with van der Waals surface area (Å²) in [6.07, 6.45) is 4.28. The van der Waals surface area contributed by atoms with Gasteiger partial charge in [0.1, 0.15) is 5.76 Å². The number of furan rings is 1. The normalized spacial score (nSPS) is 25.3. The van der Waals surface area contributed by atoms with Gasteiger partial charge in [-0.05, 0) is 50.9 Å². The van der Waals surface area contributed by atoms with Crippen molar-refractivity contribution in [3.63, 3.8) is 0 Å². The third kappa shape index (κ3) is 2.41. The minimum atomic E-state index is 0.384. The zero-order valence-corrected chi connectivity index (χ0v) is 9.36. The Kier molecular flexibility index (Phi) is 3.44. The first kappa shape index (κ1) is 10.7. The number of likely N-dealkylation sites (tertiary alicyclic amines) is 1. The van der Waals surface area contributed by atoms with Crippen LogP contribution in [0.4, 0.5) is 0 Å². The molecule has 1 aliphatic heterocycles. The van der Waals surface area contributed by atoms with Crippen molar-refractivity contribution in [3.8, 4) is 0 Å². The highest BCUT2D eigenvalue weighted by molar-refractivity contribution is 5.04. The fourth-order valence-electron chi connectivity index (χ4n) is 2.35. The monoisotopic (exact) mass is 208 g/mol. The lowest BCUT2D eigenvalue weighted by atomic mass is 9.97. The van der Waals surface area contributed by atoms with Gasteiger partial charge in [0.25, 0.3) is 0 Å². The van der Waals surface area contributed by atoms with Gasteiger partial charge >= 0.3 is 0 Å². The molecule has 1 fully saturated rings. The molecule has 0 aliphatic carbocycles. The second-order valence-electron chi connectivity index (χ2n) is 4.43.